The fourth-order valence-corrected chi connectivity index (χ4v) is 2.84. The maximum atomic E-state index is 14.3. The molecular weight excluding hydrogens is 368 g/mol. The standard InChI is InChI=1S/C20H19F2N3O3/c21-16-5-8-18(19(22)10-16)20(27,11-25-14-23-13-24-25)12-28-17-6-3-15(4-7-17)2-1-9-26/h3-10,13-14,27H,1-2,11-12H2. The summed E-state index contributed by atoms with van der Waals surface area (Å²) in [4.78, 5) is 14.3. The molecule has 1 aromatic heterocycles. The molecule has 28 heavy (non-hydrogen) atoms. The Morgan fingerprint density at radius 1 is 1.18 bits per heavy atom. The number of hydrogen-bond acceptors (Lipinski definition) is 5. The van der Waals surface area contributed by atoms with Crippen LogP contribution in [0.4, 0.5) is 8.78 Å². The number of aliphatic hydroxyl groups is 1. The van der Waals surface area contributed by atoms with Gasteiger partial charge in [-0.3, -0.25) is 0 Å². The highest BCUT2D eigenvalue weighted by Gasteiger charge is 2.34. The average Bonchev–Trinajstić information content (AvgIpc) is 3.18. The summed E-state index contributed by atoms with van der Waals surface area (Å²) < 4.78 is 34.6. The molecule has 1 atom stereocenters. The molecule has 0 aliphatic rings. The molecule has 1 unspecified atom stereocenters. The van der Waals surface area contributed by atoms with Crippen LogP contribution in [0.5, 0.6) is 5.75 Å². The van der Waals surface area contributed by atoms with Gasteiger partial charge >= 0.3 is 0 Å². The lowest BCUT2D eigenvalue weighted by molar-refractivity contribution is -0.107. The zero-order valence-electron chi connectivity index (χ0n) is 15.0. The van der Waals surface area contributed by atoms with Crippen molar-refractivity contribution >= 4 is 6.29 Å². The minimum Gasteiger partial charge on any atom is -0.490 e. The van der Waals surface area contributed by atoms with Gasteiger partial charge in [0, 0.05) is 18.1 Å². The van der Waals surface area contributed by atoms with E-state index in [1.54, 1.807) is 12.1 Å². The predicted octanol–water partition coefficient (Wildman–Crippen LogP) is 2.65. The summed E-state index contributed by atoms with van der Waals surface area (Å²) in [5.41, 5.74) is -0.935. The SMILES string of the molecule is O=CCCc1ccc(OCC(O)(Cn2cncn2)c2ccc(F)cc2F)cc1. The van der Waals surface area contributed by atoms with E-state index in [9.17, 15) is 18.7 Å². The van der Waals surface area contributed by atoms with Crippen LogP contribution in [0.25, 0.3) is 0 Å². The van der Waals surface area contributed by atoms with Gasteiger partial charge in [-0.05, 0) is 30.2 Å². The molecule has 6 nitrogen and oxygen atoms in total. The fourth-order valence-electron chi connectivity index (χ4n) is 2.84. The van der Waals surface area contributed by atoms with Gasteiger partial charge in [-0.15, -0.1) is 0 Å². The Morgan fingerprint density at radius 2 is 1.96 bits per heavy atom. The molecule has 0 spiro atoms. The number of benzene rings is 2. The van der Waals surface area contributed by atoms with Crippen LogP contribution in [0, 0.1) is 11.6 Å². The lowest BCUT2D eigenvalue weighted by atomic mass is 9.94. The molecule has 0 aliphatic heterocycles. The summed E-state index contributed by atoms with van der Waals surface area (Å²) in [5.74, 6) is -1.15. The minimum atomic E-state index is -1.80. The number of aryl methyl sites for hydroxylation is 1. The van der Waals surface area contributed by atoms with E-state index in [4.69, 9.17) is 4.74 Å². The second-order valence-corrected chi connectivity index (χ2v) is 6.39. The van der Waals surface area contributed by atoms with Gasteiger partial charge in [-0.1, -0.05) is 18.2 Å². The van der Waals surface area contributed by atoms with E-state index in [2.05, 4.69) is 10.1 Å². The van der Waals surface area contributed by atoms with E-state index in [0.717, 1.165) is 17.9 Å². The molecular formula is C20H19F2N3O3. The third-order valence-electron chi connectivity index (χ3n) is 4.27. The molecule has 0 saturated heterocycles. The molecule has 1 N–H and O–H groups in total. The van der Waals surface area contributed by atoms with Gasteiger partial charge in [0.1, 0.15) is 48.5 Å². The van der Waals surface area contributed by atoms with Gasteiger partial charge in [0.2, 0.25) is 0 Å². The van der Waals surface area contributed by atoms with E-state index in [1.807, 2.05) is 12.1 Å². The first-order chi connectivity index (χ1) is 13.5. The molecule has 2 aromatic carbocycles. The Hall–Kier alpha value is -3.13. The van der Waals surface area contributed by atoms with Crippen LogP contribution in [-0.2, 0) is 23.4 Å². The molecule has 0 bridgehead atoms. The van der Waals surface area contributed by atoms with Crippen LogP contribution >= 0.6 is 0 Å². The third kappa shape index (κ3) is 4.77. The number of rotatable bonds is 9. The summed E-state index contributed by atoms with van der Waals surface area (Å²) in [5, 5.41) is 15.1. The molecule has 0 saturated carbocycles. The van der Waals surface area contributed by atoms with Gasteiger partial charge in [0.05, 0.1) is 6.54 Å². The van der Waals surface area contributed by atoms with Gasteiger partial charge < -0.3 is 14.6 Å². The molecule has 3 rings (SSSR count). The monoisotopic (exact) mass is 387 g/mol. The van der Waals surface area contributed by atoms with Crippen LogP contribution in [0.15, 0.2) is 55.1 Å². The summed E-state index contributed by atoms with van der Waals surface area (Å²) in [6, 6.07) is 10.0. The van der Waals surface area contributed by atoms with Crippen LogP contribution in [0.3, 0.4) is 0 Å². The minimum absolute atomic E-state index is 0.105. The molecule has 0 aliphatic carbocycles. The second-order valence-electron chi connectivity index (χ2n) is 6.39. The summed E-state index contributed by atoms with van der Waals surface area (Å²) in [7, 11) is 0. The molecule has 1 heterocycles. The third-order valence-corrected chi connectivity index (χ3v) is 4.27. The average molecular weight is 387 g/mol. The number of halogens is 2. The topological polar surface area (TPSA) is 77.2 Å². The highest BCUT2D eigenvalue weighted by molar-refractivity contribution is 5.50. The van der Waals surface area contributed by atoms with Gasteiger partial charge in [0.15, 0.2) is 0 Å². The van der Waals surface area contributed by atoms with Crippen LogP contribution in [-0.4, -0.2) is 32.8 Å². The van der Waals surface area contributed by atoms with Crippen molar-refractivity contribution < 1.29 is 23.4 Å². The Balaban J connectivity index is 1.80. The number of nitrogens with zero attached hydrogens (tertiary/aromatic N) is 3. The highest BCUT2D eigenvalue weighted by atomic mass is 19.1. The van der Waals surface area contributed by atoms with E-state index < -0.39 is 17.2 Å². The first-order valence-electron chi connectivity index (χ1n) is 8.66. The number of ether oxygens (including phenoxy) is 1. The first-order valence-corrected chi connectivity index (χ1v) is 8.66. The Labute approximate surface area is 160 Å². The van der Waals surface area contributed by atoms with E-state index in [1.165, 1.54) is 23.4 Å². The molecule has 0 radical (unpaired) electrons. The lowest BCUT2D eigenvalue weighted by Crippen LogP contribution is -2.39. The van der Waals surface area contributed by atoms with E-state index >= 15 is 0 Å². The van der Waals surface area contributed by atoms with Crippen molar-refractivity contribution in [2.24, 2.45) is 0 Å². The largest absolute Gasteiger partial charge is 0.490 e. The van der Waals surface area contributed by atoms with Crippen molar-refractivity contribution in [3.05, 3.63) is 77.9 Å². The van der Waals surface area contributed by atoms with Crippen molar-refractivity contribution in [1.82, 2.24) is 14.8 Å². The van der Waals surface area contributed by atoms with Gasteiger partial charge in [-0.25, -0.2) is 18.4 Å². The number of aldehydes is 1. The zero-order chi connectivity index (χ0) is 20.0. The molecule has 8 heteroatoms. The maximum absolute atomic E-state index is 14.3. The van der Waals surface area contributed by atoms with Gasteiger partial charge in [-0.2, -0.15) is 5.10 Å². The number of aromatic nitrogens is 3. The van der Waals surface area contributed by atoms with Gasteiger partial charge in [0.25, 0.3) is 0 Å². The zero-order valence-corrected chi connectivity index (χ0v) is 15.0. The number of hydrogen-bond donors (Lipinski definition) is 1. The lowest BCUT2D eigenvalue weighted by Gasteiger charge is -2.29. The Bertz CT molecular complexity index is 917. The van der Waals surface area contributed by atoms with E-state index in [0.29, 0.717) is 24.7 Å². The maximum Gasteiger partial charge on any atom is 0.146 e. The molecule has 0 fully saturated rings. The van der Waals surface area contributed by atoms with Crippen LogP contribution in [0.2, 0.25) is 0 Å². The highest BCUT2D eigenvalue weighted by Crippen LogP contribution is 2.28. The summed E-state index contributed by atoms with van der Waals surface area (Å²) >= 11 is 0. The van der Waals surface area contributed by atoms with E-state index in [-0.39, 0.29) is 18.7 Å². The van der Waals surface area contributed by atoms with Crippen LogP contribution in [0.1, 0.15) is 17.5 Å². The van der Waals surface area contributed by atoms with Crippen molar-refractivity contribution in [3.63, 3.8) is 0 Å². The van der Waals surface area contributed by atoms with Crippen molar-refractivity contribution in [2.75, 3.05) is 6.61 Å². The van der Waals surface area contributed by atoms with Crippen molar-refractivity contribution in [1.29, 1.82) is 0 Å². The summed E-state index contributed by atoms with van der Waals surface area (Å²) in [6.07, 6.45) is 4.59. The summed E-state index contributed by atoms with van der Waals surface area (Å²) in [6.45, 7) is -0.421. The molecule has 3 aromatic rings. The number of carbonyl (C=O) groups is 1. The smallest absolute Gasteiger partial charge is 0.146 e. The normalized spacial score (nSPS) is 13.1. The Kier molecular flexibility index (Phi) is 6.10. The fraction of sp³-hybridized carbons (Fsp3) is 0.250. The molecule has 146 valence electrons. The van der Waals surface area contributed by atoms with Crippen molar-refractivity contribution in [3.8, 4) is 5.75 Å². The van der Waals surface area contributed by atoms with Crippen molar-refractivity contribution in [2.45, 2.75) is 25.0 Å². The quantitative estimate of drug-likeness (QED) is 0.571. The predicted molar refractivity (Wildman–Crippen MR) is 96.6 cm³/mol. The number of carbonyl (C=O) groups excluding carboxylic acids is 1. The second kappa shape index (κ2) is 8.71. The Morgan fingerprint density at radius 3 is 2.61 bits per heavy atom. The first kappa shape index (κ1) is 19.6. The van der Waals surface area contributed by atoms with Crippen LogP contribution < -0.4 is 4.74 Å². The molecule has 0 amide bonds.